The van der Waals surface area contributed by atoms with Crippen LogP contribution in [-0.2, 0) is 6.54 Å². The highest BCUT2D eigenvalue weighted by Gasteiger charge is 2.16. The number of carbonyl (C=O) groups is 1. The van der Waals surface area contributed by atoms with Crippen LogP contribution in [0, 0.1) is 12.7 Å². The normalized spacial score (nSPS) is 10.3. The van der Waals surface area contributed by atoms with E-state index in [0.717, 1.165) is 5.56 Å². The topological polar surface area (TPSA) is 40.5 Å². The Bertz CT molecular complexity index is 640. The van der Waals surface area contributed by atoms with Crippen molar-refractivity contribution in [3.05, 3.63) is 65.0 Å². The van der Waals surface area contributed by atoms with E-state index in [1.807, 2.05) is 6.92 Å². The first kappa shape index (κ1) is 14.1. The summed E-state index contributed by atoms with van der Waals surface area (Å²) in [6, 6.07) is 11.0. The van der Waals surface area contributed by atoms with Crippen LogP contribution in [0.3, 0.4) is 0 Å². The van der Waals surface area contributed by atoms with Crippen LogP contribution in [0.25, 0.3) is 0 Å². The fourth-order valence-corrected chi connectivity index (χ4v) is 2.01. The number of nitrogens with zero attached hydrogens (tertiary/aromatic N) is 1. The fraction of sp³-hybridized carbons (Fsp3) is 0.188. The third kappa shape index (κ3) is 3.15. The molecule has 1 N–H and O–H groups in total. The summed E-state index contributed by atoms with van der Waals surface area (Å²) in [4.78, 5) is 13.7. The Morgan fingerprint density at radius 1 is 1.25 bits per heavy atom. The van der Waals surface area contributed by atoms with Gasteiger partial charge in [-0.25, -0.2) is 4.39 Å². The van der Waals surface area contributed by atoms with E-state index >= 15 is 0 Å². The van der Waals surface area contributed by atoms with Crippen molar-refractivity contribution in [3.63, 3.8) is 0 Å². The van der Waals surface area contributed by atoms with Crippen molar-refractivity contribution in [1.29, 1.82) is 0 Å². The van der Waals surface area contributed by atoms with E-state index in [1.54, 1.807) is 31.3 Å². The summed E-state index contributed by atoms with van der Waals surface area (Å²) in [6.07, 6.45) is 0. The Labute approximate surface area is 117 Å². The first-order valence-electron chi connectivity index (χ1n) is 6.27. The minimum absolute atomic E-state index is 0.0494. The first-order valence-corrected chi connectivity index (χ1v) is 6.27. The minimum Gasteiger partial charge on any atom is -0.507 e. The van der Waals surface area contributed by atoms with Crippen molar-refractivity contribution in [1.82, 2.24) is 4.90 Å². The number of amides is 1. The second-order valence-corrected chi connectivity index (χ2v) is 4.81. The summed E-state index contributed by atoms with van der Waals surface area (Å²) in [7, 11) is 1.62. The number of rotatable bonds is 3. The molecule has 4 heteroatoms. The lowest BCUT2D eigenvalue weighted by Gasteiger charge is -2.18. The number of hydrogen-bond donors (Lipinski definition) is 1. The van der Waals surface area contributed by atoms with Gasteiger partial charge < -0.3 is 10.0 Å². The Kier molecular flexibility index (Phi) is 4.03. The monoisotopic (exact) mass is 273 g/mol. The number of phenolic OH excluding ortho intramolecular Hbond substituents is 1. The first-order chi connectivity index (χ1) is 9.47. The Morgan fingerprint density at radius 2 is 2.00 bits per heavy atom. The minimum atomic E-state index is -0.332. The molecule has 104 valence electrons. The molecule has 2 rings (SSSR count). The Morgan fingerprint density at radius 3 is 2.70 bits per heavy atom. The van der Waals surface area contributed by atoms with E-state index in [-0.39, 0.29) is 29.6 Å². The molecule has 0 radical (unpaired) electrons. The van der Waals surface area contributed by atoms with Gasteiger partial charge in [0.05, 0.1) is 5.56 Å². The van der Waals surface area contributed by atoms with Gasteiger partial charge in [-0.1, -0.05) is 23.8 Å². The van der Waals surface area contributed by atoms with Crippen LogP contribution in [0.15, 0.2) is 42.5 Å². The highest BCUT2D eigenvalue weighted by molar-refractivity contribution is 5.96. The van der Waals surface area contributed by atoms with Crippen molar-refractivity contribution in [3.8, 4) is 5.75 Å². The van der Waals surface area contributed by atoms with Gasteiger partial charge in [-0.3, -0.25) is 4.79 Å². The fourth-order valence-electron chi connectivity index (χ4n) is 2.01. The van der Waals surface area contributed by atoms with Crippen LogP contribution >= 0.6 is 0 Å². The zero-order valence-electron chi connectivity index (χ0n) is 11.4. The van der Waals surface area contributed by atoms with Gasteiger partial charge in [0, 0.05) is 13.6 Å². The molecule has 1 amide bonds. The number of hydrogen-bond acceptors (Lipinski definition) is 2. The highest BCUT2D eigenvalue weighted by atomic mass is 19.1. The van der Waals surface area contributed by atoms with E-state index in [0.29, 0.717) is 5.56 Å². The second kappa shape index (κ2) is 5.74. The number of benzene rings is 2. The standard InChI is InChI=1S/C16H16FNO2/c1-11-6-7-15(19)14(8-11)16(20)18(2)10-12-4-3-5-13(17)9-12/h3-9,19H,10H2,1-2H3. The van der Waals surface area contributed by atoms with Crippen LogP contribution in [0.4, 0.5) is 4.39 Å². The van der Waals surface area contributed by atoms with Gasteiger partial charge >= 0.3 is 0 Å². The molecule has 20 heavy (non-hydrogen) atoms. The zero-order valence-corrected chi connectivity index (χ0v) is 11.4. The number of phenols is 1. The lowest BCUT2D eigenvalue weighted by molar-refractivity contribution is 0.0782. The maximum atomic E-state index is 13.1. The molecule has 0 aliphatic heterocycles. The second-order valence-electron chi connectivity index (χ2n) is 4.81. The van der Waals surface area contributed by atoms with E-state index in [9.17, 15) is 14.3 Å². The molecule has 2 aromatic carbocycles. The maximum Gasteiger partial charge on any atom is 0.257 e. The molecular formula is C16H16FNO2. The molecule has 0 fully saturated rings. The van der Waals surface area contributed by atoms with Gasteiger partial charge in [0.25, 0.3) is 5.91 Å². The quantitative estimate of drug-likeness (QED) is 0.933. The lowest BCUT2D eigenvalue weighted by atomic mass is 10.1. The number of halogens is 1. The van der Waals surface area contributed by atoms with Gasteiger partial charge in [-0.2, -0.15) is 0 Å². The van der Waals surface area contributed by atoms with E-state index in [1.165, 1.54) is 23.1 Å². The summed E-state index contributed by atoms with van der Waals surface area (Å²) in [5, 5.41) is 9.76. The van der Waals surface area contributed by atoms with Crippen LogP contribution < -0.4 is 0 Å². The van der Waals surface area contributed by atoms with E-state index in [2.05, 4.69) is 0 Å². The van der Waals surface area contributed by atoms with Crippen molar-refractivity contribution in [2.75, 3.05) is 7.05 Å². The summed E-state index contributed by atoms with van der Waals surface area (Å²) in [5.41, 5.74) is 1.85. The molecule has 2 aromatic rings. The van der Waals surface area contributed by atoms with Crippen LogP contribution in [-0.4, -0.2) is 23.0 Å². The summed E-state index contributed by atoms with van der Waals surface area (Å²) >= 11 is 0. The average molecular weight is 273 g/mol. The molecule has 0 unspecified atom stereocenters. The Balaban J connectivity index is 2.18. The van der Waals surface area contributed by atoms with Gasteiger partial charge in [-0.05, 0) is 36.8 Å². The molecule has 0 saturated heterocycles. The smallest absolute Gasteiger partial charge is 0.257 e. The zero-order chi connectivity index (χ0) is 14.7. The van der Waals surface area contributed by atoms with Crippen molar-refractivity contribution >= 4 is 5.91 Å². The molecule has 0 aliphatic rings. The number of aromatic hydroxyl groups is 1. The van der Waals surface area contributed by atoms with Gasteiger partial charge in [0.2, 0.25) is 0 Å². The molecule has 0 spiro atoms. The predicted octanol–water partition coefficient (Wildman–Crippen LogP) is 3.11. The van der Waals surface area contributed by atoms with Gasteiger partial charge in [0.15, 0.2) is 0 Å². The molecular weight excluding hydrogens is 257 g/mol. The number of aryl methyl sites for hydroxylation is 1. The molecule has 0 heterocycles. The number of carbonyl (C=O) groups excluding carboxylic acids is 1. The largest absolute Gasteiger partial charge is 0.507 e. The predicted molar refractivity (Wildman–Crippen MR) is 75.0 cm³/mol. The van der Waals surface area contributed by atoms with E-state index < -0.39 is 0 Å². The molecule has 0 bridgehead atoms. The highest BCUT2D eigenvalue weighted by Crippen LogP contribution is 2.20. The maximum absolute atomic E-state index is 13.1. The third-order valence-electron chi connectivity index (χ3n) is 3.04. The molecule has 0 aromatic heterocycles. The third-order valence-corrected chi connectivity index (χ3v) is 3.04. The van der Waals surface area contributed by atoms with E-state index in [4.69, 9.17) is 0 Å². The van der Waals surface area contributed by atoms with Crippen LogP contribution in [0.2, 0.25) is 0 Å². The van der Waals surface area contributed by atoms with Gasteiger partial charge in [0.1, 0.15) is 11.6 Å². The lowest BCUT2D eigenvalue weighted by Crippen LogP contribution is -2.26. The molecule has 0 aliphatic carbocycles. The summed E-state index contributed by atoms with van der Waals surface area (Å²) in [6.45, 7) is 2.13. The van der Waals surface area contributed by atoms with Crippen molar-refractivity contribution in [2.45, 2.75) is 13.5 Å². The molecule has 0 saturated carbocycles. The van der Waals surface area contributed by atoms with Crippen LogP contribution in [0.5, 0.6) is 5.75 Å². The summed E-state index contributed by atoms with van der Waals surface area (Å²) in [5.74, 6) is -0.677. The van der Waals surface area contributed by atoms with Crippen LogP contribution in [0.1, 0.15) is 21.5 Å². The molecule has 0 atom stereocenters. The SMILES string of the molecule is Cc1ccc(O)c(C(=O)N(C)Cc2cccc(F)c2)c1. The van der Waals surface area contributed by atoms with Crippen molar-refractivity contribution < 1.29 is 14.3 Å². The van der Waals surface area contributed by atoms with Crippen molar-refractivity contribution in [2.24, 2.45) is 0 Å². The summed E-state index contributed by atoms with van der Waals surface area (Å²) < 4.78 is 13.1. The Hall–Kier alpha value is -2.36. The van der Waals surface area contributed by atoms with Gasteiger partial charge in [-0.15, -0.1) is 0 Å². The molecule has 3 nitrogen and oxygen atoms in total. The average Bonchev–Trinajstić information content (AvgIpc) is 2.40.